The van der Waals surface area contributed by atoms with E-state index in [9.17, 15) is 4.79 Å². The molecule has 0 bridgehead atoms. The smallest absolute Gasteiger partial charge is 0.146 e. The van der Waals surface area contributed by atoms with Crippen molar-refractivity contribution < 1.29 is 9.53 Å². The molecule has 22 heavy (non-hydrogen) atoms. The molecular weight excluding hydrogens is 300 g/mol. The summed E-state index contributed by atoms with van der Waals surface area (Å²) in [7, 11) is 0. The Morgan fingerprint density at radius 1 is 1.27 bits per heavy atom. The van der Waals surface area contributed by atoms with E-state index in [1.807, 2.05) is 32.0 Å². The SMILES string of the molecule is CC1(C)NC(C=O)c2c(Oc3ccc(N)cc3Cl)cccc21. The molecule has 0 spiro atoms. The Morgan fingerprint density at radius 2 is 2.05 bits per heavy atom. The number of hydrogen-bond acceptors (Lipinski definition) is 4. The zero-order valence-corrected chi connectivity index (χ0v) is 13.1. The van der Waals surface area contributed by atoms with Crippen LogP contribution in [-0.2, 0) is 10.3 Å². The number of rotatable bonds is 3. The third-order valence-corrected chi connectivity index (χ3v) is 4.17. The normalized spacial score (nSPS) is 18.8. The molecule has 0 fully saturated rings. The van der Waals surface area contributed by atoms with Crippen molar-refractivity contribution in [1.29, 1.82) is 0 Å². The second-order valence-electron chi connectivity index (χ2n) is 5.89. The number of fused-ring (bicyclic) bond motifs is 1. The number of aldehydes is 1. The number of ether oxygens (including phenoxy) is 1. The van der Waals surface area contributed by atoms with Crippen molar-refractivity contribution in [1.82, 2.24) is 5.32 Å². The number of nitrogens with one attached hydrogen (secondary N) is 1. The lowest BCUT2D eigenvalue weighted by molar-refractivity contribution is -0.109. The van der Waals surface area contributed by atoms with E-state index in [0.29, 0.717) is 22.2 Å². The molecule has 5 heteroatoms. The molecule has 0 amide bonds. The molecule has 1 atom stereocenters. The number of carbonyl (C=O) groups excluding carboxylic acids is 1. The van der Waals surface area contributed by atoms with Gasteiger partial charge in [0.25, 0.3) is 0 Å². The quantitative estimate of drug-likeness (QED) is 0.668. The number of halogens is 1. The highest BCUT2D eigenvalue weighted by atomic mass is 35.5. The molecule has 2 aromatic rings. The Labute approximate surface area is 134 Å². The van der Waals surface area contributed by atoms with Gasteiger partial charge in [0.05, 0.1) is 11.1 Å². The summed E-state index contributed by atoms with van der Waals surface area (Å²) in [5.41, 5.74) is 7.89. The lowest BCUT2D eigenvalue weighted by atomic mass is 9.93. The van der Waals surface area contributed by atoms with E-state index < -0.39 is 6.04 Å². The molecule has 0 radical (unpaired) electrons. The highest BCUT2D eigenvalue weighted by molar-refractivity contribution is 6.32. The average Bonchev–Trinajstić information content (AvgIpc) is 2.74. The first kappa shape index (κ1) is 14.9. The molecule has 0 saturated heterocycles. The van der Waals surface area contributed by atoms with Gasteiger partial charge in [-0.05, 0) is 43.7 Å². The van der Waals surface area contributed by atoms with Crippen molar-refractivity contribution in [3.05, 3.63) is 52.5 Å². The number of nitrogen functional groups attached to an aromatic ring is 1. The van der Waals surface area contributed by atoms with Crippen molar-refractivity contribution in [2.45, 2.75) is 25.4 Å². The van der Waals surface area contributed by atoms with Gasteiger partial charge in [-0.2, -0.15) is 0 Å². The molecule has 0 aromatic heterocycles. The molecule has 1 aliphatic heterocycles. The minimum absolute atomic E-state index is 0.287. The molecule has 1 heterocycles. The summed E-state index contributed by atoms with van der Waals surface area (Å²) < 4.78 is 5.95. The molecule has 0 saturated carbocycles. The van der Waals surface area contributed by atoms with Crippen LogP contribution in [-0.4, -0.2) is 6.29 Å². The van der Waals surface area contributed by atoms with Gasteiger partial charge in [-0.1, -0.05) is 23.7 Å². The fourth-order valence-electron chi connectivity index (χ4n) is 2.86. The van der Waals surface area contributed by atoms with Gasteiger partial charge in [-0.15, -0.1) is 0 Å². The van der Waals surface area contributed by atoms with Gasteiger partial charge in [-0.3, -0.25) is 5.32 Å². The van der Waals surface area contributed by atoms with Crippen LogP contribution in [0, 0.1) is 0 Å². The maximum atomic E-state index is 11.4. The second kappa shape index (κ2) is 5.30. The van der Waals surface area contributed by atoms with E-state index in [0.717, 1.165) is 17.4 Å². The lowest BCUT2D eigenvalue weighted by Gasteiger charge is -2.20. The van der Waals surface area contributed by atoms with Crippen LogP contribution in [0.1, 0.15) is 31.0 Å². The molecular formula is C17H17ClN2O2. The number of carbonyl (C=O) groups is 1. The first-order chi connectivity index (χ1) is 10.4. The number of hydrogen-bond donors (Lipinski definition) is 2. The number of benzene rings is 2. The second-order valence-corrected chi connectivity index (χ2v) is 6.30. The van der Waals surface area contributed by atoms with Crippen LogP contribution < -0.4 is 15.8 Å². The predicted octanol–water partition coefficient (Wildman–Crippen LogP) is 3.79. The maximum absolute atomic E-state index is 11.4. The molecule has 1 unspecified atom stereocenters. The zero-order chi connectivity index (χ0) is 15.9. The predicted molar refractivity (Wildman–Crippen MR) is 87.3 cm³/mol. The monoisotopic (exact) mass is 316 g/mol. The Bertz CT molecular complexity index is 743. The van der Waals surface area contributed by atoms with Crippen molar-refractivity contribution in [2.24, 2.45) is 0 Å². The van der Waals surface area contributed by atoms with Crippen LogP contribution in [0.5, 0.6) is 11.5 Å². The van der Waals surface area contributed by atoms with Crippen LogP contribution in [0.3, 0.4) is 0 Å². The van der Waals surface area contributed by atoms with Gasteiger partial charge < -0.3 is 15.3 Å². The average molecular weight is 317 g/mol. The van der Waals surface area contributed by atoms with E-state index in [-0.39, 0.29) is 5.54 Å². The van der Waals surface area contributed by atoms with Crippen LogP contribution in [0.15, 0.2) is 36.4 Å². The maximum Gasteiger partial charge on any atom is 0.146 e. The van der Waals surface area contributed by atoms with E-state index in [1.54, 1.807) is 18.2 Å². The first-order valence-electron chi connectivity index (χ1n) is 7.01. The fraction of sp³-hybridized carbons (Fsp3) is 0.235. The summed E-state index contributed by atoms with van der Waals surface area (Å²) in [6, 6.07) is 10.4. The van der Waals surface area contributed by atoms with Crippen LogP contribution in [0.4, 0.5) is 5.69 Å². The van der Waals surface area contributed by atoms with Gasteiger partial charge in [-0.25, -0.2) is 0 Å². The first-order valence-corrected chi connectivity index (χ1v) is 7.39. The van der Waals surface area contributed by atoms with Gasteiger partial charge in [0, 0.05) is 16.8 Å². The molecule has 3 rings (SSSR count). The minimum atomic E-state index is -0.395. The summed E-state index contributed by atoms with van der Waals surface area (Å²) in [4.78, 5) is 11.4. The number of nitrogens with two attached hydrogens (primary N) is 1. The Kier molecular flexibility index (Phi) is 3.59. The molecule has 0 aliphatic carbocycles. The molecule has 4 nitrogen and oxygen atoms in total. The van der Waals surface area contributed by atoms with Crippen LogP contribution in [0.25, 0.3) is 0 Å². The van der Waals surface area contributed by atoms with E-state index in [1.165, 1.54) is 0 Å². The summed E-state index contributed by atoms with van der Waals surface area (Å²) in [5, 5.41) is 3.73. The molecule has 2 aromatic carbocycles. The number of anilines is 1. The van der Waals surface area contributed by atoms with Gasteiger partial charge >= 0.3 is 0 Å². The van der Waals surface area contributed by atoms with E-state index in [2.05, 4.69) is 5.32 Å². The van der Waals surface area contributed by atoms with E-state index in [4.69, 9.17) is 22.1 Å². The van der Waals surface area contributed by atoms with Crippen molar-refractivity contribution in [2.75, 3.05) is 5.73 Å². The Morgan fingerprint density at radius 3 is 2.73 bits per heavy atom. The third kappa shape index (κ3) is 2.45. The minimum Gasteiger partial charge on any atom is -0.455 e. The summed E-state index contributed by atoms with van der Waals surface area (Å²) in [6.45, 7) is 4.07. The lowest BCUT2D eigenvalue weighted by Crippen LogP contribution is -2.32. The summed E-state index contributed by atoms with van der Waals surface area (Å²) >= 11 is 6.17. The Balaban J connectivity index is 2.06. The largest absolute Gasteiger partial charge is 0.455 e. The van der Waals surface area contributed by atoms with Crippen molar-refractivity contribution >= 4 is 23.6 Å². The molecule has 3 N–H and O–H groups in total. The van der Waals surface area contributed by atoms with Crippen molar-refractivity contribution in [3.8, 4) is 11.5 Å². The highest BCUT2D eigenvalue weighted by Crippen LogP contribution is 2.43. The van der Waals surface area contributed by atoms with Crippen LogP contribution in [0.2, 0.25) is 5.02 Å². The van der Waals surface area contributed by atoms with Gasteiger partial charge in [0.1, 0.15) is 17.8 Å². The molecule has 1 aliphatic rings. The summed E-state index contributed by atoms with van der Waals surface area (Å²) in [5.74, 6) is 1.14. The van der Waals surface area contributed by atoms with Gasteiger partial charge in [0.2, 0.25) is 0 Å². The van der Waals surface area contributed by atoms with E-state index >= 15 is 0 Å². The standard InChI is InChI=1S/C17H17ClN2O2/c1-17(2)11-4-3-5-15(16(11)13(9-21)20-17)22-14-7-6-10(19)8-12(14)18/h3-9,13,20H,19H2,1-2H3. The third-order valence-electron chi connectivity index (χ3n) is 3.88. The summed E-state index contributed by atoms with van der Waals surface area (Å²) in [6.07, 6.45) is 0.894. The zero-order valence-electron chi connectivity index (χ0n) is 12.4. The topological polar surface area (TPSA) is 64.3 Å². The van der Waals surface area contributed by atoms with Crippen LogP contribution >= 0.6 is 11.6 Å². The fourth-order valence-corrected chi connectivity index (χ4v) is 3.09. The Hall–Kier alpha value is -2.04. The van der Waals surface area contributed by atoms with Crippen molar-refractivity contribution in [3.63, 3.8) is 0 Å². The van der Waals surface area contributed by atoms with Gasteiger partial charge in [0.15, 0.2) is 0 Å². The molecule has 114 valence electrons. The highest BCUT2D eigenvalue weighted by Gasteiger charge is 2.38.